The van der Waals surface area contributed by atoms with Crippen molar-refractivity contribution in [2.45, 2.75) is 0 Å². The molecule has 2 aromatic carbocycles. The number of carbonyl (C=O) groups is 1. The van der Waals surface area contributed by atoms with E-state index < -0.39 is 43.7 Å². The van der Waals surface area contributed by atoms with Crippen LogP contribution in [0.1, 0.15) is 0 Å². The van der Waals surface area contributed by atoms with E-state index >= 15 is 0 Å². The maximum Gasteiger partial charge on any atom is 0.519 e. The number of nitro benzene ring substituents is 3. The van der Waals surface area contributed by atoms with Gasteiger partial charge in [-0.3, -0.25) is 30.3 Å². The molecule has 13 heteroatoms. The molecule has 26 heavy (non-hydrogen) atoms. The Balaban J connectivity index is 2.41. The first kappa shape index (κ1) is 18.5. The number of halogens is 1. The Labute approximate surface area is 148 Å². The van der Waals surface area contributed by atoms with Gasteiger partial charge < -0.3 is 9.47 Å². The molecule has 0 heterocycles. The van der Waals surface area contributed by atoms with Crippen LogP contribution in [0.15, 0.2) is 36.4 Å². The summed E-state index contributed by atoms with van der Waals surface area (Å²) < 4.78 is 9.29. The fourth-order valence-electron chi connectivity index (χ4n) is 1.77. The molecule has 12 nitrogen and oxygen atoms in total. The molecule has 0 fully saturated rings. The number of carbonyl (C=O) groups excluding carboxylic acids is 1. The number of benzene rings is 2. The van der Waals surface area contributed by atoms with Crippen LogP contribution in [0.25, 0.3) is 0 Å². The molecule has 0 unspecified atom stereocenters. The molecular formula is C13H6ClN3O9. The lowest BCUT2D eigenvalue weighted by Crippen LogP contribution is -2.15. The third-order valence-electron chi connectivity index (χ3n) is 2.84. The fourth-order valence-corrected chi connectivity index (χ4v) is 1.89. The van der Waals surface area contributed by atoms with Gasteiger partial charge in [0.1, 0.15) is 5.75 Å². The molecule has 134 valence electrons. The van der Waals surface area contributed by atoms with Crippen molar-refractivity contribution in [2.24, 2.45) is 0 Å². The summed E-state index contributed by atoms with van der Waals surface area (Å²) in [5.74, 6) is -1.14. The molecule has 0 aromatic heterocycles. The Kier molecular flexibility index (Phi) is 5.27. The van der Waals surface area contributed by atoms with Crippen LogP contribution in [0.4, 0.5) is 21.9 Å². The molecule has 0 bridgehead atoms. The van der Waals surface area contributed by atoms with Crippen molar-refractivity contribution in [2.75, 3.05) is 0 Å². The molecule has 0 N–H and O–H groups in total. The standard InChI is InChI=1S/C13H6ClN3O9/c14-7-1-3-9(4-2-7)25-13(18)26-12-10(16(21)22)5-8(15(19)20)6-11(12)17(23)24/h1-6H. The lowest BCUT2D eigenvalue weighted by Gasteiger charge is -2.06. The largest absolute Gasteiger partial charge is 0.519 e. The van der Waals surface area contributed by atoms with Gasteiger partial charge in [-0.2, -0.15) is 0 Å². The quantitative estimate of drug-likeness (QED) is 0.324. The highest BCUT2D eigenvalue weighted by Crippen LogP contribution is 2.40. The molecule has 0 atom stereocenters. The molecular weight excluding hydrogens is 378 g/mol. The van der Waals surface area contributed by atoms with Gasteiger partial charge in [0.15, 0.2) is 0 Å². The zero-order chi connectivity index (χ0) is 19.4. The van der Waals surface area contributed by atoms with Gasteiger partial charge in [-0.1, -0.05) is 11.6 Å². The second-order valence-corrected chi connectivity index (χ2v) is 4.93. The van der Waals surface area contributed by atoms with Crippen molar-refractivity contribution in [3.05, 3.63) is 71.8 Å². The van der Waals surface area contributed by atoms with Crippen LogP contribution in [0, 0.1) is 30.3 Å². The van der Waals surface area contributed by atoms with Gasteiger partial charge in [-0.25, -0.2) is 4.79 Å². The van der Waals surface area contributed by atoms with Crippen LogP contribution in [-0.4, -0.2) is 20.9 Å². The SMILES string of the molecule is O=C(Oc1ccc(Cl)cc1)Oc1c([N+](=O)[O-])cc([N+](=O)[O-])cc1[N+](=O)[O-]. The molecule has 0 saturated carbocycles. The average Bonchev–Trinajstić information content (AvgIpc) is 2.56. The van der Waals surface area contributed by atoms with Crippen LogP contribution in [0.5, 0.6) is 11.5 Å². The number of nitro groups is 3. The lowest BCUT2D eigenvalue weighted by molar-refractivity contribution is -0.404. The third-order valence-corrected chi connectivity index (χ3v) is 3.09. The second kappa shape index (κ2) is 7.40. The zero-order valence-corrected chi connectivity index (χ0v) is 13.1. The lowest BCUT2D eigenvalue weighted by atomic mass is 10.2. The number of nitrogens with zero attached hydrogens (tertiary/aromatic N) is 3. The Morgan fingerprint density at radius 2 is 1.35 bits per heavy atom. The first-order valence-corrected chi connectivity index (χ1v) is 6.83. The van der Waals surface area contributed by atoms with Crippen LogP contribution in [-0.2, 0) is 0 Å². The highest BCUT2D eigenvalue weighted by Gasteiger charge is 2.34. The van der Waals surface area contributed by atoms with Crippen LogP contribution in [0.3, 0.4) is 0 Å². The molecule has 0 radical (unpaired) electrons. The summed E-state index contributed by atoms with van der Waals surface area (Å²) in [5, 5.41) is 33.2. The monoisotopic (exact) mass is 383 g/mol. The number of hydrogen-bond donors (Lipinski definition) is 0. The van der Waals surface area contributed by atoms with E-state index in [1.165, 1.54) is 24.3 Å². The summed E-state index contributed by atoms with van der Waals surface area (Å²) in [5.41, 5.74) is -3.19. The molecule has 0 saturated heterocycles. The zero-order valence-electron chi connectivity index (χ0n) is 12.4. The van der Waals surface area contributed by atoms with Gasteiger partial charge >= 0.3 is 17.5 Å². The van der Waals surface area contributed by atoms with E-state index in [0.717, 1.165) is 0 Å². The van der Waals surface area contributed by atoms with E-state index in [4.69, 9.17) is 16.3 Å². The molecule has 2 aromatic rings. The number of non-ortho nitro benzene ring substituents is 1. The van der Waals surface area contributed by atoms with E-state index in [-0.39, 0.29) is 5.75 Å². The second-order valence-electron chi connectivity index (χ2n) is 4.49. The molecule has 0 amide bonds. The summed E-state index contributed by atoms with van der Waals surface area (Å²) in [6, 6.07) is 6.17. The van der Waals surface area contributed by atoms with Gasteiger partial charge in [0.2, 0.25) is 0 Å². The molecule has 0 spiro atoms. The van der Waals surface area contributed by atoms with Crippen molar-refractivity contribution in [1.82, 2.24) is 0 Å². The van der Waals surface area contributed by atoms with Gasteiger partial charge in [0, 0.05) is 5.02 Å². The van der Waals surface area contributed by atoms with Crippen LogP contribution in [0.2, 0.25) is 5.02 Å². The minimum Gasteiger partial charge on any atom is -0.395 e. The summed E-state index contributed by atoms with van der Waals surface area (Å²) in [7, 11) is 0. The van der Waals surface area contributed by atoms with Gasteiger partial charge in [0.05, 0.1) is 26.9 Å². The smallest absolute Gasteiger partial charge is 0.395 e. The van der Waals surface area contributed by atoms with Gasteiger partial charge in [-0.15, -0.1) is 0 Å². The minimum atomic E-state index is -1.52. The maximum absolute atomic E-state index is 11.8. The normalized spacial score (nSPS) is 10.0. The van der Waals surface area contributed by atoms with E-state index in [1.807, 2.05) is 0 Å². The van der Waals surface area contributed by atoms with Crippen molar-refractivity contribution in [3.8, 4) is 11.5 Å². The van der Waals surface area contributed by atoms with Crippen molar-refractivity contribution in [1.29, 1.82) is 0 Å². The minimum absolute atomic E-state index is 0.0494. The Morgan fingerprint density at radius 3 is 1.77 bits per heavy atom. The number of rotatable bonds is 5. The van der Waals surface area contributed by atoms with Gasteiger partial charge in [-0.05, 0) is 24.3 Å². The predicted molar refractivity (Wildman–Crippen MR) is 84.5 cm³/mol. The highest BCUT2D eigenvalue weighted by atomic mass is 35.5. The van der Waals surface area contributed by atoms with E-state index in [9.17, 15) is 35.1 Å². The van der Waals surface area contributed by atoms with Gasteiger partial charge in [0.25, 0.3) is 11.4 Å². The molecule has 0 aliphatic carbocycles. The maximum atomic E-state index is 11.8. The highest BCUT2D eigenvalue weighted by molar-refractivity contribution is 6.30. The van der Waals surface area contributed by atoms with E-state index in [0.29, 0.717) is 17.2 Å². The van der Waals surface area contributed by atoms with Crippen molar-refractivity contribution < 1.29 is 29.0 Å². The molecule has 2 rings (SSSR count). The van der Waals surface area contributed by atoms with E-state index in [2.05, 4.69) is 4.74 Å². The summed E-state index contributed by atoms with van der Waals surface area (Å²) in [6.45, 7) is 0. The third kappa shape index (κ3) is 4.18. The summed E-state index contributed by atoms with van der Waals surface area (Å²) in [4.78, 5) is 41.3. The molecule has 0 aliphatic heterocycles. The fraction of sp³-hybridized carbons (Fsp3) is 0. The van der Waals surface area contributed by atoms with Crippen LogP contribution >= 0.6 is 11.6 Å². The topological polar surface area (TPSA) is 165 Å². The average molecular weight is 384 g/mol. The Morgan fingerprint density at radius 1 is 0.846 bits per heavy atom. The Hall–Kier alpha value is -3.80. The molecule has 0 aliphatic rings. The van der Waals surface area contributed by atoms with E-state index in [1.54, 1.807) is 0 Å². The summed E-state index contributed by atoms with van der Waals surface area (Å²) >= 11 is 5.65. The number of ether oxygens (including phenoxy) is 2. The van der Waals surface area contributed by atoms with Crippen LogP contribution < -0.4 is 9.47 Å². The summed E-state index contributed by atoms with van der Waals surface area (Å²) in [6.07, 6.45) is -1.52. The van der Waals surface area contributed by atoms with Crippen molar-refractivity contribution >= 4 is 34.8 Å². The predicted octanol–water partition coefficient (Wildman–Crippen LogP) is 3.64. The first-order chi connectivity index (χ1) is 12.2. The first-order valence-electron chi connectivity index (χ1n) is 6.45. The Bertz CT molecular complexity index is 879. The van der Waals surface area contributed by atoms with Crippen molar-refractivity contribution in [3.63, 3.8) is 0 Å². The number of hydrogen-bond acceptors (Lipinski definition) is 9.